The number of nitrogens with zero attached hydrogens (tertiary/aromatic N) is 1. The van der Waals surface area contributed by atoms with Crippen molar-refractivity contribution in [2.75, 3.05) is 0 Å². The van der Waals surface area contributed by atoms with Crippen molar-refractivity contribution in [1.29, 1.82) is 0 Å². The molecule has 0 aliphatic carbocycles. The average Bonchev–Trinajstić information content (AvgIpc) is 2.81. The van der Waals surface area contributed by atoms with Crippen molar-refractivity contribution in [2.45, 2.75) is 25.9 Å². The van der Waals surface area contributed by atoms with E-state index in [1.807, 2.05) is 30.0 Å². The van der Waals surface area contributed by atoms with Gasteiger partial charge in [-0.05, 0) is 35.7 Å². The number of rotatable bonds is 4. The van der Waals surface area contributed by atoms with Gasteiger partial charge in [0.15, 0.2) is 11.6 Å². The Morgan fingerprint density at radius 3 is 2.67 bits per heavy atom. The number of nitrogens with two attached hydrogens (primary N) is 1. The van der Waals surface area contributed by atoms with Gasteiger partial charge >= 0.3 is 0 Å². The summed E-state index contributed by atoms with van der Waals surface area (Å²) in [6, 6.07) is 5.92. The SMILES string of the molecule is CCC(N)c1ccn(Cc2ccc(F)c(F)c2)c1. The van der Waals surface area contributed by atoms with Crippen LogP contribution in [0.3, 0.4) is 0 Å². The van der Waals surface area contributed by atoms with Crippen molar-refractivity contribution in [3.63, 3.8) is 0 Å². The molecule has 1 heterocycles. The molecule has 18 heavy (non-hydrogen) atoms. The van der Waals surface area contributed by atoms with Crippen LogP contribution >= 0.6 is 0 Å². The van der Waals surface area contributed by atoms with Crippen LogP contribution in [0.15, 0.2) is 36.7 Å². The van der Waals surface area contributed by atoms with Gasteiger partial charge in [0.1, 0.15) is 0 Å². The van der Waals surface area contributed by atoms with Gasteiger partial charge in [-0.2, -0.15) is 0 Å². The molecule has 0 aliphatic heterocycles. The lowest BCUT2D eigenvalue weighted by Crippen LogP contribution is -2.07. The van der Waals surface area contributed by atoms with Gasteiger partial charge in [0.25, 0.3) is 0 Å². The fourth-order valence-electron chi connectivity index (χ4n) is 1.86. The lowest BCUT2D eigenvalue weighted by Gasteiger charge is -2.06. The molecule has 4 heteroatoms. The first-order valence-electron chi connectivity index (χ1n) is 5.95. The van der Waals surface area contributed by atoms with Gasteiger partial charge in [0, 0.05) is 25.0 Å². The number of halogens is 2. The van der Waals surface area contributed by atoms with E-state index in [4.69, 9.17) is 5.73 Å². The molecule has 1 atom stereocenters. The number of aromatic nitrogens is 1. The minimum Gasteiger partial charge on any atom is -0.350 e. The summed E-state index contributed by atoms with van der Waals surface area (Å²) >= 11 is 0. The molecule has 2 nitrogen and oxygen atoms in total. The van der Waals surface area contributed by atoms with E-state index < -0.39 is 11.6 Å². The molecular formula is C14H16F2N2. The summed E-state index contributed by atoms with van der Waals surface area (Å²) in [7, 11) is 0. The van der Waals surface area contributed by atoms with Crippen LogP contribution in [0.25, 0.3) is 0 Å². The third-order valence-electron chi connectivity index (χ3n) is 2.99. The van der Waals surface area contributed by atoms with Gasteiger partial charge in [0.2, 0.25) is 0 Å². The van der Waals surface area contributed by atoms with Gasteiger partial charge in [-0.25, -0.2) is 8.78 Å². The summed E-state index contributed by atoms with van der Waals surface area (Å²) in [6.07, 6.45) is 4.71. The maximum atomic E-state index is 13.1. The Balaban J connectivity index is 2.13. The number of benzene rings is 1. The molecule has 96 valence electrons. The van der Waals surface area contributed by atoms with Crippen molar-refractivity contribution < 1.29 is 8.78 Å². The summed E-state index contributed by atoms with van der Waals surface area (Å²) in [4.78, 5) is 0. The molecule has 1 aromatic heterocycles. The van der Waals surface area contributed by atoms with E-state index in [0.29, 0.717) is 6.54 Å². The Labute approximate surface area is 105 Å². The molecular weight excluding hydrogens is 234 g/mol. The van der Waals surface area contributed by atoms with Gasteiger partial charge in [-0.1, -0.05) is 13.0 Å². The van der Waals surface area contributed by atoms with Crippen molar-refractivity contribution >= 4 is 0 Å². The molecule has 0 aliphatic rings. The van der Waals surface area contributed by atoms with Gasteiger partial charge in [0.05, 0.1) is 0 Å². The quantitative estimate of drug-likeness (QED) is 0.887. The highest BCUT2D eigenvalue weighted by Gasteiger charge is 2.06. The standard InChI is InChI=1S/C14H16F2N2/c1-2-14(17)11-5-6-18(9-11)8-10-3-4-12(15)13(16)7-10/h3-7,9,14H,2,8,17H2,1H3. The van der Waals surface area contributed by atoms with Crippen molar-refractivity contribution in [3.8, 4) is 0 Å². The largest absolute Gasteiger partial charge is 0.350 e. The number of hydrogen-bond donors (Lipinski definition) is 1. The molecule has 0 bridgehead atoms. The Morgan fingerprint density at radius 2 is 2.00 bits per heavy atom. The second-order valence-corrected chi connectivity index (χ2v) is 4.38. The van der Waals surface area contributed by atoms with Crippen LogP contribution in [-0.2, 0) is 6.54 Å². The first-order chi connectivity index (χ1) is 8.60. The predicted molar refractivity (Wildman–Crippen MR) is 67.1 cm³/mol. The third-order valence-corrected chi connectivity index (χ3v) is 2.99. The first kappa shape index (κ1) is 12.8. The Morgan fingerprint density at radius 1 is 1.22 bits per heavy atom. The monoisotopic (exact) mass is 250 g/mol. The van der Waals surface area contributed by atoms with E-state index in [-0.39, 0.29) is 6.04 Å². The van der Waals surface area contributed by atoms with E-state index in [2.05, 4.69) is 0 Å². The van der Waals surface area contributed by atoms with Gasteiger partial charge in [-0.15, -0.1) is 0 Å². The Hall–Kier alpha value is -1.68. The van der Waals surface area contributed by atoms with E-state index in [9.17, 15) is 8.78 Å². The van der Waals surface area contributed by atoms with Crippen LogP contribution < -0.4 is 5.73 Å². The summed E-state index contributed by atoms with van der Waals surface area (Å²) < 4.78 is 27.8. The molecule has 1 unspecified atom stereocenters. The molecule has 0 radical (unpaired) electrons. The fraction of sp³-hybridized carbons (Fsp3) is 0.286. The van der Waals surface area contributed by atoms with E-state index >= 15 is 0 Å². The maximum absolute atomic E-state index is 13.1. The Kier molecular flexibility index (Phi) is 3.77. The zero-order valence-electron chi connectivity index (χ0n) is 10.2. The molecule has 2 N–H and O–H groups in total. The Bertz CT molecular complexity index is 534. The van der Waals surface area contributed by atoms with E-state index in [1.54, 1.807) is 6.07 Å². The normalized spacial score (nSPS) is 12.7. The predicted octanol–water partition coefficient (Wildman–Crippen LogP) is 3.22. The smallest absolute Gasteiger partial charge is 0.159 e. The van der Waals surface area contributed by atoms with Crippen LogP contribution in [0.2, 0.25) is 0 Å². The van der Waals surface area contributed by atoms with Crippen LogP contribution in [0.4, 0.5) is 8.78 Å². The highest BCUT2D eigenvalue weighted by atomic mass is 19.2. The molecule has 0 saturated heterocycles. The zero-order chi connectivity index (χ0) is 13.1. The van der Waals surface area contributed by atoms with E-state index in [1.165, 1.54) is 6.07 Å². The zero-order valence-corrected chi connectivity index (χ0v) is 10.2. The van der Waals surface area contributed by atoms with Crippen LogP contribution in [0.1, 0.15) is 30.5 Å². The second kappa shape index (κ2) is 5.31. The lowest BCUT2D eigenvalue weighted by molar-refractivity contribution is 0.506. The summed E-state index contributed by atoms with van der Waals surface area (Å²) in [5.74, 6) is -1.63. The summed E-state index contributed by atoms with van der Waals surface area (Å²) in [6.45, 7) is 2.53. The highest BCUT2D eigenvalue weighted by molar-refractivity contribution is 5.20. The van der Waals surface area contributed by atoms with Crippen LogP contribution in [-0.4, -0.2) is 4.57 Å². The summed E-state index contributed by atoms with van der Waals surface area (Å²) in [5, 5.41) is 0. The van der Waals surface area contributed by atoms with Crippen molar-refractivity contribution in [1.82, 2.24) is 4.57 Å². The highest BCUT2D eigenvalue weighted by Crippen LogP contribution is 2.15. The van der Waals surface area contributed by atoms with Crippen LogP contribution in [0.5, 0.6) is 0 Å². The van der Waals surface area contributed by atoms with Crippen molar-refractivity contribution in [2.24, 2.45) is 5.73 Å². The molecule has 0 saturated carbocycles. The maximum Gasteiger partial charge on any atom is 0.159 e. The molecule has 1 aromatic carbocycles. The second-order valence-electron chi connectivity index (χ2n) is 4.38. The minimum absolute atomic E-state index is 0.0243. The van der Waals surface area contributed by atoms with Crippen LogP contribution in [0, 0.1) is 11.6 Å². The fourth-order valence-corrected chi connectivity index (χ4v) is 1.86. The van der Waals surface area contributed by atoms with Gasteiger partial charge in [-0.3, -0.25) is 0 Å². The topological polar surface area (TPSA) is 30.9 Å². The minimum atomic E-state index is -0.819. The molecule has 0 fully saturated rings. The van der Waals surface area contributed by atoms with Gasteiger partial charge < -0.3 is 10.3 Å². The molecule has 2 rings (SSSR count). The van der Waals surface area contributed by atoms with E-state index in [0.717, 1.165) is 23.6 Å². The molecule has 0 amide bonds. The average molecular weight is 250 g/mol. The lowest BCUT2D eigenvalue weighted by atomic mass is 10.1. The molecule has 0 spiro atoms. The first-order valence-corrected chi connectivity index (χ1v) is 5.95. The summed E-state index contributed by atoms with van der Waals surface area (Å²) in [5.41, 5.74) is 7.70. The van der Waals surface area contributed by atoms with Crippen molar-refractivity contribution in [3.05, 3.63) is 59.4 Å². The number of hydrogen-bond acceptors (Lipinski definition) is 1. The third kappa shape index (κ3) is 2.76. The molecule has 2 aromatic rings.